The van der Waals surface area contributed by atoms with Crippen molar-refractivity contribution in [3.05, 3.63) is 29.6 Å². The molecule has 1 amide bonds. The summed E-state index contributed by atoms with van der Waals surface area (Å²) in [4.78, 5) is 18.0. The number of nitrogens with zero attached hydrogens (tertiary/aromatic N) is 2. The van der Waals surface area contributed by atoms with Gasteiger partial charge in [0.15, 0.2) is 0 Å². The number of hydrogen-bond donors (Lipinski definition) is 0. The Labute approximate surface area is 98.6 Å². The fourth-order valence-corrected chi connectivity index (χ4v) is 1.76. The first-order valence-corrected chi connectivity index (χ1v) is 6.10. The molecule has 0 bridgehead atoms. The molecule has 1 aromatic heterocycles. The van der Waals surface area contributed by atoms with E-state index < -0.39 is 0 Å². The van der Waals surface area contributed by atoms with E-state index in [-0.39, 0.29) is 5.91 Å². The number of pyridine rings is 1. The van der Waals surface area contributed by atoms with Gasteiger partial charge in [-0.2, -0.15) is 0 Å². The van der Waals surface area contributed by atoms with Crippen molar-refractivity contribution in [1.82, 2.24) is 9.88 Å². The number of hydrogen-bond acceptors (Lipinski definition) is 2. The lowest BCUT2D eigenvalue weighted by atomic mass is 10.3. The van der Waals surface area contributed by atoms with Gasteiger partial charge in [0, 0.05) is 24.1 Å². The maximum Gasteiger partial charge on any atom is 0.272 e. The molecule has 1 heterocycles. The standard InChI is InChI=1S/C11H15BrN2O/c1-3-14(8-7-12)11(15)10-6-4-5-9(2)13-10/h4-6H,3,7-8H2,1-2H3. The summed E-state index contributed by atoms with van der Waals surface area (Å²) in [5.41, 5.74) is 1.40. The van der Waals surface area contributed by atoms with E-state index in [0.717, 1.165) is 11.0 Å². The Morgan fingerprint density at radius 2 is 2.27 bits per heavy atom. The van der Waals surface area contributed by atoms with Crippen molar-refractivity contribution in [3.63, 3.8) is 0 Å². The van der Waals surface area contributed by atoms with Crippen LogP contribution in [0, 0.1) is 6.92 Å². The largest absolute Gasteiger partial charge is 0.337 e. The van der Waals surface area contributed by atoms with Crippen LogP contribution in [-0.4, -0.2) is 34.2 Å². The summed E-state index contributed by atoms with van der Waals surface area (Å²) in [5, 5.41) is 0.790. The van der Waals surface area contributed by atoms with Crippen LogP contribution in [0.2, 0.25) is 0 Å². The van der Waals surface area contributed by atoms with Crippen LogP contribution in [0.15, 0.2) is 18.2 Å². The van der Waals surface area contributed by atoms with Crippen LogP contribution in [-0.2, 0) is 0 Å². The SMILES string of the molecule is CCN(CCBr)C(=O)c1cccc(C)n1. The molecule has 15 heavy (non-hydrogen) atoms. The summed E-state index contributed by atoms with van der Waals surface area (Å²) in [6.07, 6.45) is 0. The molecule has 0 saturated carbocycles. The van der Waals surface area contributed by atoms with E-state index in [0.29, 0.717) is 18.8 Å². The Kier molecular flexibility index (Phi) is 4.75. The number of carbonyl (C=O) groups is 1. The predicted molar refractivity (Wildman–Crippen MR) is 64.3 cm³/mol. The van der Waals surface area contributed by atoms with Crippen molar-refractivity contribution in [2.75, 3.05) is 18.4 Å². The van der Waals surface area contributed by atoms with E-state index in [4.69, 9.17) is 0 Å². The zero-order chi connectivity index (χ0) is 11.3. The van der Waals surface area contributed by atoms with Crippen LogP contribution < -0.4 is 0 Å². The van der Waals surface area contributed by atoms with Crippen LogP contribution in [0.3, 0.4) is 0 Å². The smallest absolute Gasteiger partial charge is 0.272 e. The zero-order valence-corrected chi connectivity index (χ0v) is 10.6. The van der Waals surface area contributed by atoms with Gasteiger partial charge in [-0.1, -0.05) is 22.0 Å². The molecule has 0 spiro atoms. The molecule has 0 aliphatic carbocycles. The highest BCUT2D eigenvalue weighted by Crippen LogP contribution is 2.04. The second-order valence-electron chi connectivity index (χ2n) is 3.24. The number of rotatable bonds is 4. The number of halogens is 1. The van der Waals surface area contributed by atoms with E-state index in [1.54, 1.807) is 11.0 Å². The van der Waals surface area contributed by atoms with Crippen LogP contribution >= 0.6 is 15.9 Å². The minimum atomic E-state index is 0.000602. The van der Waals surface area contributed by atoms with Gasteiger partial charge in [-0.3, -0.25) is 4.79 Å². The Morgan fingerprint density at radius 1 is 1.53 bits per heavy atom. The van der Waals surface area contributed by atoms with Crippen molar-refractivity contribution in [2.45, 2.75) is 13.8 Å². The second kappa shape index (κ2) is 5.85. The van der Waals surface area contributed by atoms with Gasteiger partial charge in [-0.15, -0.1) is 0 Å². The molecule has 0 fully saturated rings. The zero-order valence-electron chi connectivity index (χ0n) is 9.03. The number of aryl methyl sites for hydroxylation is 1. The molecule has 0 radical (unpaired) electrons. The van der Waals surface area contributed by atoms with Gasteiger partial charge in [-0.05, 0) is 26.0 Å². The number of amides is 1. The quantitative estimate of drug-likeness (QED) is 0.787. The Hall–Kier alpha value is -0.900. The normalized spacial score (nSPS) is 10.1. The van der Waals surface area contributed by atoms with Crippen molar-refractivity contribution in [1.29, 1.82) is 0 Å². The van der Waals surface area contributed by atoms with Crippen molar-refractivity contribution < 1.29 is 4.79 Å². The average Bonchev–Trinajstić information content (AvgIpc) is 2.25. The maximum absolute atomic E-state index is 12.0. The summed E-state index contributed by atoms with van der Waals surface area (Å²) in [6, 6.07) is 5.50. The van der Waals surface area contributed by atoms with Crippen molar-refractivity contribution in [3.8, 4) is 0 Å². The average molecular weight is 271 g/mol. The molecule has 0 aliphatic rings. The van der Waals surface area contributed by atoms with E-state index in [1.807, 2.05) is 26.0 Å². The molecule has 1 aromatic rings. The molecule has 0 atom stereocenters. The monoisotopic (exact) mass is 270 g/mol. The molecular weight excluding hydrogens is 256 g/mol. The number of aromatic nitrogens is 1. The summed E-state index contributed by atoms with van der Waals surface area (Å²) >= 11 is 3.33. The Morgan fingerprint density at radius 3 is 2.80 bits per heavy atom. The molecule has 0 N–H and O–H groups in total. The third-order valence-electron chi connectivity index (χ3n) is 2.13. The van der Waals surface area contributed by atoms with E-state index >= 15 is 0 Å². The minimum absolute atomic E-state index is 0.000602. The highest BCUT2D eigenvalue weighted by Gasteiger charge is 2.14. The fourth-order valence-electron chi connectivity index (χ4n) is 1.33. The van der Waals surface area contributed by atoms with Gasteiger partial charge in [0.2, 0.25) is 0 Å². The van der Waals surface area contributed by atoms with Gasteiger partial charge in [0.1, 0.15) is 5.69 Å². The van der Waals surface area contributed by atoms with Gasteiger partial charge in [0.05, 0.1) is 0 Å². The maximum atomic E-state index is 12.0. The molecule has 0 aromatic carbocycles. The molecule has 0 saturated heterocycles. The highest BCUT2D eigenvalue weighted by molar-refractivity contribution is 9.09. The lowest BCUT2D eigenvalue weighted by Gasteiger charge is -2.19. The number of carbonyl (C=O) groups excluding carboxylic acids is 1. The molecule has 82 valence electrons. The molecule has 3 nitrogen and oxygen atoms in total. The van der Waals surface area contributed by atoms with Crippen molar-refractivity contribution >= 4 is 21.8 Å². The van der Waals surface area contributed by atoms with Gasteiger partial charge < -0.3 is 4.90 Å². The van der Waals surface area contributed by atoms with Crippen LogP contribution in [0.5, 0.6) is 0 Å². The predicted octanol–water partition coefficient (Wildman–Crippen LogP) is 2.25. The third kappa shape index (κ3) is 3.30. The topological polar surface area (TPSA) is 33.2 Å². The molecule has 4 heteroatoms. The first-order chi connectivity index (χ1) is 7.19. The van der Waals surface area contributed by atoms with Gasteiger partial charge in [0.25, 0.3) is 5.91 Å². The summed E-state index contributed by atoms with van der Waals surface area (Å²) < 4.78 is 0. The highest BCUT2D eigenvalue weighted by atomic mass is 79.9. The molecule has 0 aliphatic heterocycles. The van der Waals surface area contributed by atoms with Crippen LogP contribution in [0.25, 0.3) is 0 Å². The van der Waals surface area contributed by atoms with E-state index in [2.05, 4.69) is 20.9 Å². The first-order valence-electron chi connectivity index (χ1n) is 4.98. The molecular formula is C11H15BrN2O. The Balaban J connectivity index is 2.82. The summed E-state index contributed by atoms with van der Waals surface area (Å²) in [5.74, 6) is 0.000602. The Bertz CT molecular complexity index is 341. The molecule has 0 unspecified atom stereocenters. The lowest BCUT2D eigenvalue weighted by Crippen LogP contribution is -2.33. The minimum Gasteiger partial charge on any atom is -0.337 e. The number of alkyl halides is 1. The summed E-state index contributed by atoms with van der Waals surface area (Å²) in [7, 11) is 0. The van der Waals surface area contributed by atoms with Gasteiger partial charge in [-0.25, -0.2) is 4.98 Å². The first kappa shape index (κ1) is 12.2. The molecule has 1 rings (SSSR count). The fraction of sp³-hybridized carbons (Fsp3) is 0.455. The van der Waals surface area contributed by atoms with E-state index in [1.165, 1.54) is 0 Å². The van der Waals surface area contributed by atoms with Crippen molar-refractivity contribution in [2.24, 2.45) is 0 Å². The second-order valence-corrected chi connectivity index (χ2v) is 4.03. The van der Waals surface area contributed by atoms with Crippen LogP contribution in [0.4, 0.5) is 0 Å². The third-order valence-corrected chi connectivity index (χ3v) is 2.49. The lowest BCUT2D eigenvalue weighted by molar-refractivity contribution is 0.0769. The van der Waals surface area contributed by atoms with Crippen LogP contribution in [0.1, 0.15) is 23.1 Å². The van der Waals surface area contributed by atoms with E-state index in [9.17, 15) is 4.79 Å². The summed E-state index contributed by atoms with van der Waals surface area (Å²) in [6.45, 7) is 5.28. The van der Waals surface area contributed by atoms with Gasteiger partial charge >= 0.3 is 0 Å².